The summed E-state index contributed by atoms with van der Waals surface area (Å²) in [6, 6.07) is 14.9. The molecule has 1 atom stereocenters. The summed E-state index contributed by atoms with van der Waals surface area (Å²) in [7, 11) is 0. The zero-order chi connectivity index (χ0) is 16.2. The number of amides is 1. The fraction of sp³-hybridized carbons (Fsp3) is 0.111. The van der Waals surface area contributed by atoms with E-state index in [1.807, 2.05) is 42.0 Å². The van der Waals surface area contributed by atoms with Crippen molar-refractivity contribution in [3.8, 4) is 5.69 Å². The van der Waals surface area contributed by atoms with Crippen LogP contribution in [0.4, 0.5) is 0 Å². The molecule has 0 saturated carbocycles. The highest BCUT2D eigenvalue weighted by Gasteiger charge is 2.13. The van der Waals surface area contributed by atoms with Gasteiger partial charge in [-0.1, -0.05) is 35.9 Å². The number of halogens is 1. The van der Waals surface area contributed by atoms with Crippen LogP contribution in [0.15, 0.2) is 67.3 Å². The molecule has 5 heteroatoms. The minimum atomic E-state index is -0.179. The van der Waals surface area contributed by atoms with Crippen LogP contribution in [-0.4, -0.2) is 15.5 Å². The molecule has 0 aliphatic carbocycles. The zero-order valence-electron chi connectivity index (χ0n) is 12.6. The van der Waals surface area contributed by atoms with E-state index in [4.69, 9.17) is 11.6 Å². The third kappa shape index (κ3) is 3.43. The van der Waals surface area contributed by atoms with Crippen molar-refractivity contribution in [2.45, 2.75) is 13.0 Å². The summed E-state index contributed by atoms with van der Waals surface area (Å²) in [4.78, 5) is 16.3. The first-order valence-electron chi connectivity index (χ1n) is 7.29. The van der Waals surface area contributed by atoms with Crippen LogP contribution in [0.25, 0.3) is 5.69 Å². The summed E-state index contributed by atoms with van der Waals surface area (Å²) in [6.07, 6.45) is 5.37. The predicted octanol–water partition coefficient (Wildman–Crippen LogP) is 4.02. The molecule has 1 aromatic heterocycles. The second kappa shape index (κ2) is 6.67. The number of imidazole rings is 1. The highest BCUT2D eigenvalue weighted by molar-refractivity contribution is 6.33. The van der Waals surface area contributed by atoms with Gasteiger partial charge in [0.2, 0.25) is 0 Å². The van der Waals surface area contributed by atoms with E-state index in [2.05, 4.69) is 10.3 Å². The van der Waals surface area contributed by atoms with E-state index in [-0.39, 0.29) is 11.9 Å². The van der Waals surface area contributed by atoms with Crippen LogP contribution < -0.4 is 5.32 Å². The molecule has 0 saturated heterocycles. The highest BCUT2D eigenvalue weighted by Crippen LogP contribution is 2.19. The average Bonchev–Trinajstić information content (AvgIpc) is 3.09. The lowest BCUT2D eigenvalue weighted by Crippen LogP contribution is -2.26. The molecule has 23 heavy (non-hydrogen) atoms. The maximum Gasteiger partial charge on any atom is 0.253 e. The predicted molar refractivity (Wildman–Crippen MR) is 90.9 cm³/mol. The number of benzene rings is 2. The molecule has 0 bridgehead atoms. The number of carbonyl (C=O) groups excluding carboxylic acids is 1. The first-order valence-corrected chi connectivity index (χ1v) is 7.66. The van der Waals surface area contributed by atoms with Crippen molar-refractivity contribution in [3.05, 3.63) is 83.4 Å². The molecule has 2 aromatic carbocycles. The van der Waals surface area contributed by atoms with Crippen molar-refractivity contribution in [2.75, 3.05) is 0 Å². The molecule has 0 unspecified atom stereocenters. The van der Waals surface area contributed by atoms with Crippen molar-refractivity contribution in [2.24, 2.45) is 0 Å². The number of aromatic nitrogens is 2. The third-order valence-electron chi connectivity index (χ3n) is 3.66. The molecular formula is C18H16ClN3O. The Balaban J connectivity index is 1.72. The van der Waals surface area contributed by atoms with E-state index < -0.39 is 0 Å². The number of nitrogens with one attached hydrogen (secondary N) is 1. The monoisotopic (exact) mass is 325 g/mol. The van der Waals surface area contributed by atoms with Gasteiger partial charge in [-0.25, -0.2) is 4.98 Å². The molecule has 3 aromatic rings. The molecular weight excluding hydrogens is 310 g/mol. The minimum absolute atomic E-state index is 0.115. The molecule has 1 N–H and O–H groups in total. The van der Waals surface area contributed by atoms with Crippen molar-refractivity contribution in [1.29, 1.82) is 0 Å². The number of nitrogens with zero attached hydrogens (tertiary/aromatic N) is 2. The molecule has 0 aliphatic heterocycles. The molecule has 0 radical (unpaired) electrons. The fourth-order valence-electron chi connectivity index (χ4n) is 2.35. The minimum Gasteiger partial charge on any atom is -0.345 e. The Kier molecular flexibility index (Phi) is 4.44. The number of carbonyl (C=O) groups is 1. The Hall–Kier alpha value is -2.59. The van der Waals surface area contributed by atoms with Crippen LogP contribution in [0.5, 0.6) is 0 Å². The Labute approximate surface area is 139 Å². The summed E-state index contributed by atoms with van der Waals surface area (Å²) in [5.41, 5.74) is 2.53. The van der Waals surface area contributed by atoms with Gasteiger partial charge in [-0.2, -0.15) is 0 Å². The third-order valence-corrected chi connectivity index (χ3v) is 3.99. The van der Waals surface area contributed by atoms with Crippen molar-refractivity contribution in [3.63, 3.8) is 0 Å². The van der Waals surface area contributed by atoms with Gasteiger partial charge in [0, 0.05) is 18.1 Å². The van der Waals surface area contributed by atoms with Gasteiger partial charge in [-0.15, -0.1) is 0 Å². The van der Waals surface area contributed by atoms with Gasteiger partial charge >= 0.3 is 0 Å². The lowest BCUT2D eigenvalue weighted by Gasteiger charge is -2.15. The zero-order valence-corrected chi connectivity index (χ0v) is 13.4. The summed E-state index contributed by atoms with van der Waals surface area (Å²) < 4.78 is 1.93. The van der Waals surface area contributed by atoms with E-state index in [1.165, 1.54) is 0 Å². The largest absolute Gasteiger partial charge is 0.345 e. The smallest absolute Gasteiger partial charge is 0.253 e. The number of hydrogen-bond acceptors (Lipinski definition) is 2. The fourth-order valence-corrected chi connectivity index (χ4v) is 2.57. The Morgan fingerprint density at radius 2 is 1.91 bits per heavy atom. The van der Waals surface area contributed by atoms with Gasteiger partial charge in [0.05, 0.1) is 23.0 Å². The molecule has 116 valence electrons. The van der Waals surface area contributed by atoms with Gasteiger partial charge < -0.3 is 9.88 Å². The first kappa shape index (κ1) is 15.3. The summed E-state index contributed by atoms with van der Waals surface area (Å²) in [5.74, 6) is -0.179. The van der Waals surface area contributed by atoms with Gasteiger partial charge in [-0.3, -0.25) is 4.79 Å². The quantitative estimate of drug-likeness (QED) is 0.787. The summed E-state index contributed by atoms with van der Waals surface area (Å²) >= 11 is 6.06. The SMILES string of the molecule is C[C@@H](NC(=O)c1ccccc1Cl)c1ccc(-n2ccnc2)cc1. The normalized spacial score (nSPS) is 11.9. The molecule has 0 aliphatic rings. The second-order valence-corrected chi connectivity index (χ2v) is 5.64. The Bertz CT molecular complexity index is 797. The molecule has 4 nitrogen and oxygen atoms in total. The topological polar surface area (TPSA) is 46.9 Å². The van der Waals surface area contributed by atoms with Crippen molar-refractivity contribution >= 4 is 17.5 Å². The Morgan fingerprint density at radius 1 is 1.17 bits per heavy atom. The van der Waals surface area contributed by atoms with Crippen molar-refractivity contribution in [1.82, 2.24) is 14.9 Å². The molecule has 1 amide bonds. The van der Waals surface area contributed by atoms with Crippen LogP contribution in [0.1, 0.15) is 28.9 Å². The van der Waals surface area contributed by atoms with E-state index in [9.17, 15) is 4.79 Å². The Morgan fingerprint density at radius 3 is 2.57 bits per heavy atom. The maximum absolute atomic E-state index is 12.3. The van der Waals surface area contributed by atoms with E-state index >= 15 is 0 Å². The number of rotatable bonds is 4. The molecule has 0 fully saturated rings. The van der Waals surface area contributed by atoms with Gasteiger partial charge in [0.1, 0.15) is 0 Å². The van der Waals surface area contributed by atoms with Crippen LogP contribution in [0, 0.1) is 0 Å². The standard InChI is InChI=1S/C18H16ClN3O/c1-13(21-18(23)16-4-2-3-5-17(16)19)14-6-8-15(9-7-14)22-11-10-20-12-22/h2-13H,1H3,(H,21,23)/t13-/m1/s1. The molecule has 1 heterocycles. The van der Waals surface area contributed by atoms with Crippen LogP contribution in [0.2, 0.25) is 5.02 Å². The first-order chi connectivity index (χ1) is 11.1. The average molecular weight is 326 g/mol. The molecule has 3 rings (SSSR count). The number of hydrogen-bond donors (Lipinski definition) is 1. The van der Waals surface area contributed by atoms with Crippen LogP contribution in [0.3, 0.4) is 0 Å². The van der Waals surface area contributed by atoms with Gasteiger partial charge in [0.15, 0.2) is 0 Å². The van der Waals surface area contributed by atoms with Gasteiger partial charge in [0.25, 0.3) is 5.91 Å². The van der Waals surface area contributed by atoms with E-state index in [0.717, 1.165) is 11.3 Å². The summed E-state index contributed by atoms with van der Waals surface area (Å²) in [6.45, 7) is 1.95. The lowest BCUT2D eigenvalue weighted by atomic mass is 10.1. The van der Waals surface area contributed by atoms with Crippen LogP contribution >= 0.6 is 11.6 Å². The van der Waals surface area contributed by atoms with E-state index in [1.54, 1.807) is 36.8 Å². The van der Waals surface area contributed by atoms with Crippen LogP contribution in [-0.2, 0) is 0 Å². The lowest BCUT2D eigenvalue weighted by molar-refractivity contribution is 0.0940. The molecule has 0 spiro atoms. The summed E-state index contributed by atoms with van der Waals surface area (Å²) in [5, 5.41) is 3.42. The maximum atomic E-state index is 12.3. The van der Waals surface area contributed by atoms with Crippen molar-refractivity contribution < 1.29 is 4.79 Å². The highest BCUT2D eigenvalue weighted by atomic mass is 35.5. The second-order valence-electron chi connectivity index (χ2n) is 5.24. The van der Waals surface area contributed by atoms with Gasteiger partial charge in [-0.05, 0) is 36.8 Å². The van der Waals surface area contributed by atoms with E-state index in [0.29, 0.717) is 10.6 Å².